The van der Waals surface area contributed by atoms with Crippen LogP contribution >= 0.6 is 0 Å². The normalized spacial score (nSPS) is 16.6. The Morgan fingerprint density at radius 2 is 1.43 bits per heavy atom. The quantitative estimate of drug-likeness (QED) is 0.180. The Labute approximate surface area is 238 Å². The molecular weight excluding hydrogens is 496 g/mol. The first-order valence-electron chi connectivity index (χ1n) is 14.8. The number of carbonyl (C=O) groups is 2. The molecule has 2 aliphatic carbocycles. The van der Waals surface area contributed by atoms with Crippen LogP contribution in [-0.4, -0.2) is 18.0 Å². The number of amides is 1. The third-order valence-electron chi connectivity index (χ3n) is 8.19. The lowest BCUT2D eigenvalue weighted by Crippen LogP contribution is -2.36. The highest BCUT2D eigenvalue weighted by atomic mass is 16.5. The van der Waals surface area contributed by atoms with Crippen molar-refractivity contribution in [1.29, 1.82) is 0 Å². The van der Waals surface area contributed by atoms with Gasteiger partial charge in [0.15, 0.2) is 0 Å². The number of nitrogens with two attached hydrogens (primary N) is 1. The van der Waals surface area contributed by atoms with Gasteiger partial charge in [-0.05, 0) is 91.1 Å². The Morgan fingerprint density at radius 1 is 0.800 bits per heavy atom. The fraction of sp³-hybridized carbons (Fsp3) is 0.371. The molecule has 3 aromatic rings. The van der Waals surface area contributed by atoms with E-state index in [0.29, 0.717) is 6.54 Å². The van der Waals surface area contributed by atoms with Gasteiger partial charge in [-0.2, -0.15) is 0 Å². The van der Waals surface area contributed by atoms with E-state index >= 15 is 0 Å². The molecule has 40 heavy (non-hydrogen) atoms. The second-order valence-corrected chi connectivity index (χ2v) is 11.2. The molecule has 1 amide bonds. The lowest BCUT2D eigenvalue weighted by molar-refractivity contribution is -0.144. The van der Waals surface area contributed by atoms with Gasteiger partial charge in [-0.1, -0.05) is 74.2 Å². The molecule has 5 nitrogen and oxygen atoms in total. The Morgan fingerprint density at radius 3 is 2.10 bits per heavy atom. The average molecular weight is 537 g/mol. The maximum atomic E-state index is 13.8. The summed E-state index contributed by atoms with van der Waals surface area (Å²) in [5.74, 6) is -0.0683. The van der Waals surface area contributed by atoms with Crippen LogP contribution < -0.4 is 10.6 Å². The molecule has 0 radical (unpaired) electrons. The van der Waals surface area contributed by atoms with Crippen LogP contribution in [0.4, 0.5) is 11.4 Å². The number of ether oxygens (including phenoxy) is 1. The first-order chi connectivity index (χ1) is 19.5. The van der Waals surface area contributed by atoms with E-state index in [1.165, 1.54) is 18.9 Å². The summed E-state index contributed by atoms with van der Waals surface area (Å²) in [4.78, 5) is 28.2. The molecule has 0 unspecified atom stereocenters. The van der Waals surface area contributed by atoms with Crippen molar-refractivity contribution < 1.29 is 14.3 Å². The molecule has 0 aliphatic heterocycles. The molecule has 0 aromatic heterocycles. The van der Waals surface area contributed by atoms with Gasteiger partial charge >= 0.3 is 5.97 Å². The molecule has 0 spiro atoms. The van der Waals surface area contributed by atoms with Crippen molar-refractivity contribution in [3.8, 4) is 11.1 Å². The van der Waals surface area contributed by atoms with Crippen LogP contribution in [0.3, 0.4) is 0 Å². The summed E-state index contributed by atoms with van der Waals surface area (Å²) in [6, 6.07) is 24.1. The van der Waals surface area contributed by atoms with Gasteiger partial charge in [-0.15, -0.1) is 0 Å². The van der Waals surface area contributed by atoms with Gasteiger partial charge in [-0.3, -0.25) is 4.79 Å². The van der Waals surface area contributed by atoms with Gasteiger partial charge < -0.3 is 15.4 Å². The van der Waals surface area contributed by atoms with Crippen molar-refractivity contribution >= 4 is 29.3 Å². The third kappa shape index (κ3) is 7.41. The zero-order valence-electron chi connectivity index (χ0n) is 23.3. The maximum Gasteiger partial charge on any atom is 0.331 e. The SMILES string of the molecule is Nc1ccc(-c2ccc(CN(C(=O)C3CCCCC3)c3cccc(/C=C/C(=O)OC4CCCCC4)c3)cc2)cc1. The van der Waals surface area contributed by atoms with E-state index in [2.05, 4.69) is 24.3 Å². The molecule has 0 bridgehead atoms. The minimum atomic E-state index is -0.298. The van der Waals surface area contributed by atoms with E-state index in [-0.39, 0.29) is 23.9 Å². The van der Waals surface area contributed by atoms with Crippen LogP contribution in [0.25, 0.3) is 17.2 Å². The molecule has 208 valence electrons. The van der Waals surface area contributed by atoms with E-state index in [1.54, 1.807) is 6.08 Å². The van der Waals surface area contributed by atoms with Crippen molar-refractivity contribution in [2.24, 2.45) is 5.92 Å². The second kappa shape index (κ2) is 13.5. The van der Waals surface area contributed by atoms with Crippen LogP contribution in [-0.2, 0) is 20.9 Å². The minimum Gasteiger partial charge on any atom is -0.459 e. The first kappa shape index (κ1) is 27.7. The molecule has 2 aliphatic rings. The largest absolute Gasteiger partial charge is 0.459 e. The Hall–Kier alpha value is -3.86. The summed E-state index contributed by atoms with van der Waals surface area (Å²) in [5, 5.41) is 0. The fourth-order valence-electron chi connectivity index (χ4n) is 5.87. The molecule has 2 fully saturated rings. The van der Waals surface area contributed by atoms with Gasteiger partial charge in [0.2, 0.25) is 5.91 Å². The van der Waals surface area contributed by atoms with Crippen molar-refractivity contribution in [3.63, 3.8) is 0 Å². The van der Waals surface area contributed by atoms with Crippen LogP contribution in [0.5, 0.6) is 0 Å². The van der Waals surface area contributed by atoms with Crippen LogP contribution in [0.15, 0.2) is 78.9 Å². The number of hydrogen-bond acceptors (Lipinski definition) is 4. The third-order valence-corrected chi connectivity index (χ3v) is 8.19. The molecule has 2 saturated carbocycles. The van der Waals surface area contributed by atoms with Crippen molar-refractivity contribution in [2.45, 2.75) is 76.9 Å². The van der Waals surface area contributed by atoms with Gasteiger partial charge in [-0.25, -0.2) is 4.79 Å². The highest BCUT2D eigenvalue weighted by Crippen LogP contribution is 2.30. The number of esters is 1. The molecule has 5 rings (SSSR count). The van der Waals surface area contributed by atoms with Gasteiger partial charge in [0.25, 0.3) is 0 Å². The Bertz CT molecular complexity index is 1300. The summed E-state index contributed by atoms with van der Waals surface area (Å²) in [6.07, 6.45) is 14.0. The van der Waals surface area contributed by atoms with E-state index in [0.717, 1.165) is 85.0 Å². The summed E-state index contributed by atoms with van der Waals surface area (Å²) in [6.45, 7) is 0.494. The van der Waals surface area contributed by atoms with Crippen molar-refractivity contribution in [3.05, 3.63) is 90.0 Å². The monoisotopic (exact) mass is 536 g/mol. The Balaban J connectivity index is 1.33. The van der Waals surface area contributed by atoms with Crippen LogP contribution in [0.1, 0.15) is 75.3 Å². The van der Waals surface area contributed by atoms with Crippen molar-refractivity contribution in [2.75, 3.05) is 10.6 Å². The van der Waals surface area contributed by atoms with E-state index in [4.69, 9.17) is 10.5 Å². The molecule has 2 N–H and O–H groups in total. The molecule has 0 heterocycles. The highest BCUT2D eigenvalue weighted by Gasteiger charge is 2.27. The van der Waals surface area contributed by atoms with Crippen LogP contribution in [0, 0.1) is 5.92 Å². The van der Waals surface area contributed by atoms with Gasteiger partial charge in [0.05, 0.1) is 6.54 Å². The zero-order chi connectivity index (χ0) is 27.7. The number of nitrogens with zero attached hydrogens (tertiary/aromatic N) is 1. The van der Waals surface area contributed by atoms with Gasteiger partial charge in [0, 0.05) is 23.4 Å². The molecule has 5 heteroatoms. The number of carbonyl (C=O) groups excluding carboxylic acids is 2. The molecule has 3 aromatic carbocycles. The predicted molar refractivity (Wildman–Crippen MR) is 162 cm³/mol. The van der Waals surface area contributed by atoms with E-state index in [1.807, 2.05) is 53.4 Å². The number of benzene rings is 3. The predicted octanol–water partition coefficient (Wildman–Crippen LogP) is 7.94. The summed E-state index contributed by atoms with van der Waals surface area (Å²) in [5.41, 5.74) is 11.6. The van der Waals surface area contributed by atoms with Crippen molar-refractivity contribution in [1.82, 2.24) is 0 Å². The Kier molecular flexibility index (Phi) is 9.33. The molecule has 0 atom stereocenters. The lowest BCUT2D eigenvalue weighted by Gasteiger charge is -2.30. The maximum absolute atomic E-state index is 13.8. The smallest absolute Gasteiger partial charge is 0.331 e. The number of hydrogen-bond donors (Lipinski definition) is 1. The molecular formula is C35H40N2O3. The summed E-state index contributed by atoms with van der Waals surface area (Å²) < 4.78 is 5.64. The van der Waals surface area contributed by atoms with E-state index < -0.39 is 0 Å². The number of anilines is 2. The highest BCUT2D eigenvalue weighted by molar-refractivity contribution is 5.95. The molecule has 0 saturated heterocycles. The summed E-state index contributed by atoms with van der Waals surface area (Å²) >= 11 is 0. The zero-order valence-corrected chi connectivity index (χ0v) is 23.3. The lowest BCUT2D eigenvalue weighted by atomic mass is 9.88. The topological polar surface area (TPSA) is 72.6 Å². The number of nitrogen functional groups attached to an aromatic ring is 1. The second-order valence-electron chi connectivity index (χ2n) is 11.2. The standard InChI is InChI=1S/C35H40N2O3/c36-31-21-19-29(20-22-31)28-17-14-27(15-18-28)25-37(35(39)30-9-3-1-4-10-30)32-11-7-8-26(24-32)16-23-34(38)40-33-12-5-2-6-13-33/h7-8,11,14-24,30,33H,1-6,9-10,12-13,25,36H2/b23-16+. The summed E-state index contributed by atoms with van der Waals surface area (Å²) in [7, 11) is 0. The minimum absolute atomic E-state index is 0.0345. The van der Waals surface area contributed by atoms with E-state index in [9.17, 15) is 9.59 Å². The first-order valence-corrected chi connectivity index (χ1v) is 14.8. The average Bonchev–Trinajstić information content (AvgIpc) is 3.00. The van der Waals surface area contributed by atoms with Crippen LogP contribution in [0.2, 0.25) is 0 Å². The fourth-order valence-corrected chi connectivity index (χ4v) is 5.87. The van der Waals surface area contributed by atoms with Gasteiger partial charge in [0.1, 0.15) is 6.10 Å². The number of rotatable bonds is 8.